The average Bonchev–Trinajstić information content (AvgIpc) is 2.58. The molecule has 4 heteroatoms. The van der Waals surface area contributed by atoms with E-state index in [1.807, 2.05) is 36.0 Å². The number of carbonyl (C=O) groups excluding carboxylic acids is 1. The number of methoxy groups -OCH3 is 1. The van der Waals surface area contributed by atoms with Crippen LogP contribution in [-0.4, -0.2) is 24.0 Å². The lowest BCUT2D eigenvalue weighted by atomic mass is 9.96. The highest BCUT2D eigenvalue weighted by molar-refractivity contribution is 8.00. The van der Waals surface area contributed by atoms with Gasteiger partial charge in [-0.3, -0.25) is 4.79 Å². The summed E-state index contributed by atoms with van der Waals surface area (Å²) in [6, 6.07) is 8.04. The minimum atomic E-state index is 0.0559. The Hall–Kier alpha value is -1.16. The summed E-state index contributed by atoms with van der Waals surface area (Å²) >= 11 is 1.83. The van der Waals surface area contributed by atoms with Gasteiger partial charge in [0, 0.05) is 5.25 Å². The number of carbonyl (C=O) groups is 1. The van der Waals surface area contributed by atoms with E-state index < -0.39 is 0 Å². The molecule has 1 fully saturated rings. The zero-order chi connectivity index (χ0) is 16.7. The summed E-state index contributed by atoms with van der Waals surface area (Å²) in [6.45, 7) is 4.28. The van der Waals surface area contributed by atoms with Crippen LogP contribution in [0.4, 0.5) is 0 Å². The summed E-state index contributed by atoms with van der Waals surface area (Å²) in [4.78, 5) is 12.3. The van der Waals surface area contributed by atoms with E-state index in [-0.39, 0.29) is 11.9 Å². The van der Waals surface area contributed by atoms with Crippen LogP contribution in [0.1, 0.15) is 57.6 Å². The van der Waals surface area contributed by atoms with Crippen LogP contribution in [-0.2, 0) is 4.79 Å². The van der Waals surface area contributed by atoms with Gasteiger partial charge in [0.05, 0.1) is 18.9 Å². The van der Waals surface area contributed by atoms with Gasteiger partial charge in [0.15, 0.2) is 0 Å². The van der Waals surface area contributed by atoms with Crippen LogP contribution in [0.25, 0.3) is 0 Å². The lowest BCUT2D eigenvalue weighted by molar-refractivity contribution is -0.119. The van der Waals surface area contributed by atoms with E-state index >= 15 is 0 Å². The van der Waals surface area contributed by atoms with Crippen LogP contribution in [0, 0.1) is 5.92 Å². The Kier molecular flexibility index (Phi) is 7.28. The molecular weight excluding hydrogens is 306 g/mol. The average molecular weight is 336 g/mol. The quantitative estimate of drug-likeness (QED) is 0.793. The number of benzene rings is 1. The standard InChI is InChI=1S/C19H29NO2S/c1-14(2)19(15-9-11-16(22-3)12-10-15)20-18(21)13-23-17-7-5-4-6-8-17/h9-12,14,17,19H,4-8,13H2,1-3H3,(H,20,21). The Morgan fingerprint density at radius 3 is 2.43 bits per heavy atom. The normalized spacial score (nSPS) is 17.0. The Bertz CT molecular complexity index is 481. The molecule has 1 aliphatic carbocycles. The monoisotopic (exact) mass is 335 g/mol. The first-order valence-electron chi connectivity index (χ1n) is 8.65. The Balaban J connectivity index is 1.88. The number of hydrogen-bond donors (Lipinski definition) is 1. The summed E-state index contributed by atoms with van der Waals surface area (Å²) < 4.78 is 5.21. The maximum absolute atomic E-state index is 12.3. The third-order valence-corrected chi connectivity index (χ3v) is 5.83. The molecule has 0 radical (unpaired) electrons. The van der Waals surface area contributed by atoms with Gasteiger partial charge < -0.3 is 10.1 Å². The number of thioether (sulfide) groups is 1. The van der Waals surface area contributed by atoms with Crippen LogP contribution >= 0.6 is 11.8 Å². The fourth-order valence-electron chi connectivity index (χ4n) is 3.09. The topological polar surface area (TPSA) is 38.3 Å². The molecule has 1 aromatic rings. The SMILES string of the molecule is COc1ccc(C(NC(=O)CSC2CCCCC2)C(C)C)cc1. The summed E-state index contributed by atoms with van der Waals surface area (Å²) in [5.41, 5.74) is 1.14. The molecule has 0 bridgehead atoms. The van der Waals surface area contributed by atoms with Crippen molar-refractivity contribution in [1.82, 2.24) is 5.32 Å². The molecule has 2 rings (SSSR count). The van der Waals surface area contributed by atoms with E-state index in [0.29, 0.717) is 16.9 Å². The summed E-state index contributed by atoms with van der Waals surface area (Å²) in [6.07, 6.45) is 6.53. The van der Waals surface area contributed by atoms with E-state index in [1.165, 1.54) is 32.1 Å². The number of hydrogen-bond acceptors (Lipinski definition) is 3. The van der Waals surface area contributed by atoms with Crippen molar-refractivity contribution in [3.05, 3.63) is 29.8 Å². The lowest BCUT2D eigenvalue weighted by Crippen LogP contribution is -2.33. The van der Waals surface area contributed by atoms with Gasteiger partial charge in [0.25, 0.3) is 0 Å². The predicted octanol–water partition coefficient (Wildman–Crippen LogP) is 4.57. The van der Waals surface area contributed by atoms with Gasteiger partial charge in [0.2, 0.25) is 5.91 Å². The van der Waals surface area contributed by atoms with Gasteiger partial charge in [-0.05, 0) is 36.5 Å². The van der Waals surface area contributed by atoms with Crippen molar-refractivity contribution in [2.45, 2.75) is 57.2 Å². The molecule has 0 spiro atoms. The van der Waals surface area contributed by atoms with Crippen molar-refractivity contribution in [1.29, 1.82) is 0 Å². The second-order valence-corrected chi connectivity index (χ2v) is 7.92. The number of rotatable bonds is 7. The van der Waals surface area contributed by atoms with Crippen molar-refractivity contribution in [2.24, 2.45) is 5.92 Å². The fraction of sp³-hybridized carbons (Fsp3) is 0.632. The van der Waals surface area contributed by atoms with Crippen LogP contribution in [0.15, 0.2) is 24.3 Å². The van der Waals surface area contributed by atoms with Crippen molar-refractivity contribution in [2.75, 3.05) is 12.9 Å². The van der Waals surface area contributed by atoms with Gasteiger partial charge in [-0.15, -0.1) is 11.8 Å². The zero-order valence-corrected chi connectivity index (χ0v) is 15.3. The third kappa shape index (κ3) is 5.76. The molecule has 23 heavy (non-hydrogen) atoms. The molecule has 1 amide bonds. The van der Waals surface area contributed by atoms with E-state index in [9.17, 15) is 4.79 Å². The van der Waals surface area contributed by atoms with Gasteiger partial charge in [-0.1, -0.05) is 45.2 Å². The van der Waals surface area contributed by atoms with Crippen LogP contribution in [0.3, 0.4) is 0 Å². The summed E-state index contributed by atoms with van der Waals surface area (Å²) in [7, 11) is 1.67. The second-order valence-electron chi connectivity index (χ2n) is 6.63. The molecule has 0 aliphatic heterocycles. The molecule has 0 aromatic heterocycles. The maximum atomic E-state index is 12.3. The number of nitrogens with one attached hydrogen (secondary N) is 1. The Labute approximate surface area is 144 Å². The highest BCUT2D eigenvalue weighted by Gasteiger charge is 2.20. The molecule has 1 unspecified atom stereocenters. The molecule has 1 atom stereocenters. The van der Waals surface area contributed by atoms with E-state index in [4.69, 9.17) is 4.74 Å². The highest BCUT2D eigenvalue weighted by atomic mass is 32.2. The molecule has 0 heterocycles. The summed E-state index contributed by atoms with van der Waals surface area (Å²) in [5, 5.41) is 3.88. The minimum Gasteiger partial charge on any atom is -0.497 e. The first-order chi connectivity index (χ1) is 11.1. The van der Waals surface area contributed by atoms with Gasteiger partial charge in [-0.2, -0.15) is 0 Å². The molecule has 3 nitrogen and oxygen atoms in total. The smallest absolute Gasteiger partial charge is 0.230 e. The minimum absolute atomic E-state index is 0.0559. The van der Waals surface area contributed by atoms with Crippen molar-refractivity contribution >= 4 is 17.7 Å². The maximum Gasteiger partial charge on any atom is 0.230 e. The van der Waals surface area contributed by atoms with E-state index in [0.717, 1.165) is 11.3 Å². The first kappa shape index (κ1) is 18.2. The molecule has 1 N–H and O–H groups in total. The Morgan fingerprint density at radius 2 is 1.87 bits per heavy atom. The largest absolute Gasteiger partial charge is 0.497 e. The van der Waals surface area contributed by atoms with Gasteiger partial charge in [-0.25, -0.2) is 0 Å². The fourth-order valence-corrected chi connectivity index (χ4v) is 4.22. The Morgan fingerprint density at radius 1 is 1.22 bits per heavy atom. The van der Waals surface area contributed by atoms with Gasteiger partial charge in [0.1, 0.15) is 5.75 Å². The molecule has 0 saturated heterocycles. The van der Waals surface area contributed by atoms with E-state index in [2.05, 4.69) is 19.2 Å². The number of ether oxygens (including phenoxy) is 1. The molecule has 128 valence electrons. The first-order valence-corrected chi connectivity index (χ1v) is 9.70. The molecule has 1 aromatic carbocycles. The number of amides is 1. The molecular formula is C19H29NO2S. The van der Waals surface area contributed by atoms with Gasteiger partial charge >= 0.3 is 0 Å². The van der Waals surface area contributed by atoms with Crippen molar-refractivity contribution < 1.29 is 9.53 Å². The molecule has 1 aliphatic rings. The molecule has 1 saturated carbocycles. The second kappa shape index (κ2) is 9.21. The van der Waals surface area contributed by atoms with Crippen LogP contribution in [0.2, 0.25) is 0 Å². The van der Waals surface area contributed by atoms with Crippen molar-refractivity contribution in [3.63, 3.8) is 0 Å². The highest BCUT2D eigenvalue weighted by Crippen LogP contribution is 2.29. The van der Waals surface area contributed by atoms with Crippen LogP contribution in [0.5, 0.6) is 5.75 Å². The predicted molar refractivity (Wildman–Crippen MR) is 98.0 cm³/mol. The van der Waals surface area contributed by atoms with Crippen molar-refractivity contribution in [3.8, 4) is 5.75 Å². The lowest BCUT2D eigenvalue weighted by Gasteiger charge is -2.24. The van der Waals surface area contributed by atoms with Crippen LogP contribution < -0.4 is 10.1 Å². The summed E-state index contributed by atoms with van der Waals surface area (Å²) in [5.74, 6) is 1.92. The third-order valence-electron chi connectivity index (χ3n) is 4.46. The zero-order valence-electron chi connectivity index (χ0n) is 14.5. The van der Waals surface area contributed by atoms with E-state index in [1.54, 1.807) is 7.11 Å².